The highest BCUT2D eigenvalue weighted by Gasteiger charge is 2.62. The van der Waals surface area contributed by atoms with Crippen molar-refractivity contribution in [2.24, 2.45) is 11.8 Å². The molecule has 2 aromatic rings. The number of ether oxygens (including phenoxy) is 1. The number of sulfonamides is 1. The molecule has 4 heterocycles. The first-order chi connectivity index (χ1) is 24.4. The van der Waals surface area contributed by atoms with E-state index < -0.39 is 62.8 Å². The summed E-state index contributed by atoms with van der Waals surface area (Å²) in [6.07, 6.45) is 8.05. The van der Waals surface area contributed by atoms with Gasteiger partial charge in [-0.3, -0.25) is 24.0 Å². The van der Waals surface area contributed by atoms with Gasteiger partial charge in [-0.1, -0.05) is 50.3 Å². The average Bonchev–Trinajstić information content (AvgIpc) is 3.91. The Hall–Kier alpha value is -4.24. The lowest BCUT2D eigenvalue weighted by Gasteiger charge is -2.31. The van der Waals surface area contributed by atoms with Crippen molar-refractivity contribution in [2.45, 2.75) is 101 Å². The van der Waals surface area contributed by atoms with Crippen molar-refractivity contribution in [1.82, 2.24) is 24.8 Å². The normalized spacial score (nSPS) is 28.5. The maximum atomic E-state index is 14.4. The van der Waals surface area contributed by atoms with Gasteiger partial charge in [0.25, 0.3) is 5.91 Å². The summed E-state index contributed by atoms with van der Waals surface area (Å²) in [5.41, 5.74) is 2.55. The summed E-state index contributed by atoms with van der Waals surface area (Å²) in [6.45, 7) is 8.29. The third-order valence-corrected chi connectivity index (χ3v) is 13.1. The van der Waals surface area contributed by atoms with Gasteiger partial charge in [-0.15, -0.1) is 17.9 Å². The highest BCUT2D eigenvalue weighted by atomic mass is 32.2. The third kappa shape index (κ3) is 7.14. The number of hydrogen-bond acceptors (Lipinski definition) is 10. The Morgan fingerprint density at radius 2 is 2.02 bits per heavy atom. The quantitative estimate of drug-likeness (QED) is 0.359. The fourth-order valence-corrected chi connectivity index (χ4v) is 9.42. The zero-order chi connectivity index (χ0) is 36.1. The molecule has 2 aliphatic carbocycles. The maximum Gasteiger partial charge on any atom is 0.410 e. The van der Waals surface area contributed by atoms with Gasteiger partial charge in [-0.25, -0.2) is 18.2 Å². The molecule has 15 heteroatoms. The maximum absolute atomic E-state index is 14.4. The molecular weight excluding hydrogens is 693 g/mol. The second-order valence-electron chi connectivity index (χ2n) is 14.6. The van der Waals surface area contributed by atoms with Crippen LogP contribution in [0.1, 0.15) is 74.8 Å². The molecule has 1 aromatic heterocycles. The lowest BCUT2D eigenvalue weighted by Crippen LogP contribution is -2.58. The Bertz CT molecular complexity index is 1890. The van der Waals surface area contributed by atoms with Crippen molar-refractivity contribution in [2.75, 3.05) is 11.9 Å². The SMILES string of the molecule is C=C[C@@H]1C[C@]1(NC(=O)[C@@H]1C[C@@H]2CN1C(=O)[C@H](C(C)C)Nc1nc(cs1)CCC/C=C/c1cccc3c1CN(C3)C(=O)O2)C(=O)NS(=O)(=O)C1CC1. The van der Waals surface area contributed by atoms with Gasteiger partial charge in [0.05, 0.1) is 24.0 Å². The fourth-order valence-electron chi connectivity index (χ4n) is 7.27. The Balaban J connectivity index is 1.17. The van der Waals surface area contributed by atoms with Crippen LogP contribution in [0.5, 0.6) is 0 Å². The molecule has 7 rings (SSSR count). The Kier molecular flexibility index (Phi) is 9.46. The number of nitrogens with one attached hydrogen (secondary N) is 3. The summed E-state index contributed by atoms with van der Waals surface area (Å²) in [7, 11) is -3.87. The molecule has 2 saturated carbocycles. The molecule has 272 valence electrons. The van der Waals surface area contributed by atoms with E-state index in [1.807, 2.05) is 37.4 Å². The van der Waals surface area contributed by atoms with Crippen LogP contribution in [0.3, 0.4) is 0 Å². The lowest BCUT2D eigenvalue weighted by atomic mass is 10.0. The smallest absolute Gasteiger partial charge is 0.410 e. The van der Waals surface area contributed by atoms with E-state index in [1.165, 1.54) is 22.3 Å². The number of anilines is 1. The summed E-state index contributed by atoms with van der Waals surface area (Å²) >= 11 is 1.41. The largest absolute Gasteiger partial charge is 0.444 e. The minimum atomic E-state index is -3.87. The van der Waals surface area contributed by atoms with Gasteiger partial charge in [0, 0.05) is 24.3 Å². The summed E-state index contributed by atoms with van der Waals surface area (Å²) in [4.78, 5) is 63.4. The average molecular weight is 737 g/mol. The fraction of sp³-hybridized carbons (Fsp3) is 0.528. The number of aryl methyl sites for hydroxylation is 1. The van der Waals surface area contributed by atoms with Crippen LogP contribution in [0, 0.1) is 11.8 Å². The molecule has 5 atom stereocenters. The van der Waals surface area contributed by atoms with Crippen LogP contribution in [0.15, 0.2) is 42.3 Å². The molecule has 0 radical (unpaired) electrons. The van der Waals surface area contributed by atoms with Crippen molar-refractivity contribution >= 4 is 56.4 Å². The van der Waals surface area contributed by atoms with E-state index in [9.17, 15) is 27.6 Å². The summed E-state index contributed by atoms with van der Waals surface area (Å²) in [5, 5.41) is 8.05. The number of nitrogens with zero attached hydrogens (tertiary/aromatic N) is 3. The van der Waals surface area contributed by atoms with Crippen LogP contribution < -0.4 is 15.4 Å². The number of allylic oxidation sites excluding steroid dienone is 1. The first-order valence-corrected chi connectivity index (χ1v) is 20.1. The van der Waals surface area contributed by atoms with Crippen LogP contribution in [0.2, 0.25) is 0 Å². The molecule has 1 saturated heterocycles. The molecule has 4 amide bonds. The Labute approximate surface area is 301 Å². The minimum absolute atomic E-state index is 0.00112. The van der Waals surface area contributed by atoms with Gasteiger partial charge in [-0.05, 0) is 61.1 Å². The van der Waals surface area contributed by atoms with E-state index in [0.717, 1.165) is 41.6 Å². The van der Waals surface area contributed by atoms with Crippen LogP contribution in [-0.4, -0.2) is 82.5 Å². The van der Waals surface area contributed by atoms with Gasteiger partial charge in [0.15, 0.2) is 5.13 Å². The minimum Gasteiger partial charge on any atom is -0.444 e. The number of rotatable bonds is 7. The van der Waals surface area contributed by atoms with Gasteiger partial charge in [-0.2, -0.15) is 0 Å². The van der Waals surface area contributed by atoms with Crippen LogP contribution in [0.4, 0.5) is 9.93 Å². The van der Waals surface area contributed by atoms with Gasteiger partial charge < -0.3 is 20.3 Å². The predicted octanol–water partition coefficient (Wildman–Crippen LogP) is 3.72. The summed E-state index contributed by atoms with van der Waals surface area (Å²) in [6, 6.07) is 4.17. The number of benzene rings is 1. The molecule has 3 N–H and O–H groups in total. The zero-order valence-electron chi connectivity index (χ0n) is 28.8. The second kappa shape index (κ2) is 13.7. The molecule has 3 fully saturated rings. The van der Waals surface area contributed by atoms with E-state index in [-0.39, 0.29) is 31.2 Å². The summed E-state index contributed by atoms with van der Waals surface area (Å²) in [5.74, 6) is -2.52. The van der Waals surface area contributed by atoms with Crippen molar-refractivity contribution < 1.29 is 32.3 Å². The van der Waals surface area contributed by atoms with Gasteiger partial charge >= 0.3 is 6.09 Å². The number of amides is 4. The topological polar surface area (TPSA) is 167 Å². The predicted molar refractivity (Wildman–Crippen MR) is 192 cm³/mol. The van der Waals surface area contributed by atoms with Gasteiger partial charge in [0.1, 0.15) is 23.7 Å². The van der Waals surface area contributed by atoms with Gasteiger partial charge in [0.2, 0.25) is 21.8 Å². The molecule has 6 bridgehead atoms. The van der Waals surface area contributed by atoms with E-state index in [2.05, 4.69) is 34.1 Å². The second-order valence-corrected chi connectivity index (χ2v) is 17.4. The number of carbonyl (C=O) groups is 4. The van der Waals surface area contributed by atoms with E-state index >= 15 is 0 Å². The van der Waals surface area contributed by atoms with Crippen LogP contribution >= 0.6 is 11.3 Å². The van der Waals surface area contributed by atoms with E-state index in [0.29, 0.717) is 31.1 Å². The molecule has 51 heavy (non-hydrogen) atoms. The highest BCUT2D eigenvalue weighted by Crippen LogP contribution is 2.45. The molecule has 5 aliphatic rings. The van der Waals surface area contributed by atoms with E-state index in [4.69, 9.17) is 9.72 Å². The molecule has 0 unspecified atom stereocenters. The summed E-state index contributed by atoms with van der Waals surface area (Å²) < 4.78 is 33.5. The number of aromatic nitrogens is 1. The Morgan fingerprint density at radius 3 is 2.75 bits per heavy atom. The number of fused-ring (bicyclic) bond motifs is 5. The molecule has 3 aliphatic heterocycles. The Morgan fingerprint density at radius 1 is 1.22 bits per heavy atom. The van der Waals surface area contributed by atoms with Crippen LogP contribution in [-0.2, 0) is 48.7 Å². The first kappa shape index (κ1) is 35.2. The number of hydrogen-bond donors (Lipinski definition) is 3. The molecule has 1 aromatic carbocycles. The molecule has 13 nitrogen and oxygen atoms in total. The standard InChI is InChI=1S/C36H44N6O7S2/c1-4-24-16-36(24,33(45)40-51(47,48)27-13-14-27)39-31(43)29-15-26-18-42(29)32(44)30(21(2)3)38-34-37-25(20-50-34)12-7-5-6-9-22-10-8-11-23-17-41(19-28(22)23)35(46)49-26/h4,6,8-11,20-21,24,26-27,29-30H,1,5,7,12-19H2,2-3H3,(H,37,38)(H,39,43)(H,40,45)/b9-6+/t24-,26-,29+,30+,36-/m1/s1. The lowest BCUT2D eigenvalue weighted by molar-refractivity contribution is -0.140. The van der Waals surface area contributed by atoms with Crippen molar-refractivity contribution in [3.8, 4) is 0 Å². The zero-order valence-corrected chi connectivity index (χ0v) is 30.4. The number of thiazole rings is 1. The third-order valence-electron chi connectivity index (χ3n) is 10.5. The molecular formula is C36H44N6O7S2. The first-order valence-electron chi connectivity index (χ1n) is 17.6. The number of carbonyl (C=O) groups excluding carboxylic acids is 4. The van der Waals surface area contributed by atoms with Crippen LogP contribution in [0.25, 0.3) is 6.08 Å². The van der Waals surface area contributed by atoms with E-state index in [1.54, 1.807) is 4.90 Å². The molecule has 0 spiro atoms. The monoisotopic (exact) mass is 736 g/mol. The van der Waals surface area contributed by atoms with Crippen molar-refractivity contribution in [1.29, 1.82) is 0 Å². The highest BCUT2D eigenvalue weighted by molar-refractivity contribution is 7.91. The van der Waals surface area contributed by atoms with Crippen molar-refractivity contribution in [3.05, 3.63) is 64.7 Å². The van der Waals surface area contributed by atoms with Crippen molar-refractivity contribution in [3.63, 3.8) is 0 Å².